The van der Waals surface area contributed by atoms with Gasteiger partial charge in [-0.2, -0.15) is 0 Å². The monoisotopic (exact) mass is 287 g/mol. The molecule has 0 spiro atoms. The second kappa shape index (κ2) is 5.37. The summed E-state index contributed by atoms with van der Waals surface area (Å²) in [6.07, 6.45) is 1.31. The molecule has 0 radical (unpaired) electrons. The average molecular weight is 288 g/mol. The molecule has 1 N–H and O–H groups in total. The largest absolute Gasteiger partial charge is 0.508 e. The third kappa shape index (κ3) is 2.43. The highest BCUT2D eigenvalue weighted by molar-refractivity contribution is 6.42. The summed E-state index contributed by atoms with van der Waals surface area (Å²) in [4.78, 5) is 13.6. The highest BCUT2D eigenvalue weighted by Gasteiger charge is 2.33. The Labute approximate surface area is 116 Å². The second-order valence-corrected chi connectivity index (χ2v) is 5.32. The zero-order valence-electron chi connectivity index (χ0n) is 10.1. The molecule has 1 saturated heterocycles. The number of nitrogens with zero attached hydrogens (tertiary/aromatic N) is 1. The highest BCUT2D eigenvalue weighted by atomic mass is 35.5. The van der Waals surface area contributed by atoms with Gasteiger partial charge in [-0.25, -0.2) is 0 Å². The molecule has 0 saturated carbocycles. The Balaban J connectivity index is 2.29. The number of rotatable bonds is 3. The van der Waals surface area contributed by atoms with Crippen LogP contribution in [0.2, 0.25) is 10.0 Å². The van der Waals surface area contributed by atoms with Crippen LogP contribution in [0.25, 0.3) is 0 Å². The van der Waals surface area contributed by atoms with Crippen LogP contribution in [-0.2, 0) is 4.79 Å². The van der Waals surface area contributed by atoms with Crippen molar-refractivity contribution in [3.8, 4) is 5.75 Å². The average Bonchev–Trinajstić information content (AvgIpc) is 2.67. The molecule has 1 unspecified atom stereocenters. The standard InChI is InChI=1S/C13H15Cl2NO2/c1-2-5-16-7-8(6-11(16)18)12-10(17)4-3-9(14)13(12)15/h3-4,8,17H,2,5-7H2,1H3. The first-order valence-electron chi connectivity index (χ1n) is 5.99. The van der Waals surface area contributed by atoms with Gasteiger partial charge in [-0.15, -0.1) is 0 Å². The number of hydrogen-bond donors (Lipinski definition) is 1. The number of carbonyl (C=O) groups is 1. The molecule has 1 aliphatic rings. The van der Waals surface area contributed by atoms with Crippen molar-refractivity contribution in [1.82, 2.24) is 4.90 Å². The molecule has 1 aliphatic heterocycles. The number of amides is 1. The fraction of sp³-hybridized carbons (Fsp3) is 0.462. The maximum absolute atomic E-state index is 11.8. The smallest absolute Gasteiger partial charge is 0.223 e. The summed E-state index contributed by atoms with van der Waals surface area (Å²) in [6.45, 7) is 3.37. The van der Waals surface area contributed by atoms with Gasteiger partial charge in [0.1, 0.15) is 5.75 Å². The summed E-state index contributed by atoms with van der Waals surface area (Å²) in [5, 5.41) is 10.7. The van der Waals surface area contributed by atoms with E-state index in [4.69, 9.17) is 23.2 Å². The Morgan fingerprint density at radius 2 is 2.17 bits per heavy atom. The van der Waals surface area contributed by atoms with Gasteiger partial charge >= 0.3 is 0 Å². The molecule has 3 nitrogen and oxygen atoms in total. The van der Waals surface area contributed by atoms with Crippen LogP contribution >= 0.6 is 23.2 Å². The van der Waals surface area contributed by atoms with Crippen molar-refractivity contribution in [1.29, 1.82) is 0 Å². The molecular formula is C13H15Cl2NO2. The van der Waals surface area contributed by atoms with Crippen LogP contribution in [0.1, 0.15) is 31.2 Å². The van der Waals surface area contributed by atoms with Gasteiger partial charge in [-0.05, 0) is 18.6 Å². The molecule has 98 valence electrons. The van der Waals surface area contributed by atoms with E-state index in [1.54, 1.807) is 11.0 Å². The maximum atomic E-state index is 11.8. The van der Waals surface area contributed by atoms with E-state index < -0.39 is 0 Å². The van der Waals surface area contributed by atoms with Crippen molar-refractivity contribution in [2.75, 3.05) is 13.1 Å². The number of phenolic OH excluding ortho intramolecular Hbond substituents is 1. The van der Waals surface area contributed by atoms with Crippen LogP contribution in [-0.4, -0.2) is 29.0 Å². The normalized spacial score (nSPS) is 19.6. The van der Waals surface area contributed by atoms with Crippen LogP contribution in [0, 0.1) is 0 Å². The van der Waals surface area contributed by atoms with E-state index >= 15 is 0 Å². The van der Waals surface area contributed by atoms with E-state index in [-0.39, 0.29) is 17.6 Å². The zero-order chi connectivity index (χ0) is 13.3. The highest BCUT2D eigenvalue weighted by Crippen LogP contribution is 2.41. The Morgan fingerprint density at radius 1 is 1.44 bits per heavy atom. The molecular weight excluding hydrogens is 273 g/mol. The number of halogens is 2. The number of hydrogen-bond acceptors (Lipinski definition) is 2. The number of carbonyl (C=O) groups excluding carboxylic acids is 1. The quantitative estimate of drug-likeness (QED) is 0.925. The van der Waals surface area contributed by atoms with Crippen molar-refractivity contribution in [2.24, 2.45) is 0 Å². The Bertz CT molecular complexity index is 476. The number of likely N-dealkylation sites (tertiary alicyclic amines) is 1. The summed E-state index contributed by atoms with van der Waals surface area (Å²) in [6, 6.07) is 3.08. The molecule has 1 atom stereocenters. The third-order valence-corrected chi connectivity index (χ3v) is 4.04. The SMILES string of the molecule is CCCN1CC(c2c(O)ccc(Cl)c2Cl)CC1=O. The van der Waals surface area contributed by atoms with Gasteiger partial charge < -0.3 is 10.0 Å². The number of phenols is 1. The molecule has 18 heavy (non-hydrogen) atoms. The van der Waals surface area contributed by atoms with E-state index in [0.717, 1.165) is 13.0 Å². The molecule has 1 heterocycles. The number of aromatic hydroxyl groups is 1. The van der Waals surface area contributed by atoms with E-state index in [1.807, 2.05) is 6.92 Å². The minimum atomic E-state index is -0.0738. The van der Waals surface area contributed by atoms with Gasteiger partial charge in [-0.1, -0.05) is 30.1 Å². The summed E-state index contributed by atoms with van der Waals surface area (Å²) in [5.74, 6) is 0.146. The van der Waals surface area contributed by atoms with E-state index in [9.17, 15) is 9.90 Å². The summed E-state index contributed by atoms with van der Waals surface area (Å²) in [7, 11) is 0. The first kappa shape index (κ1) is 13.5. The van der Waals surface area contributed by atoms with Crippen LogP contribution < -0.4 is 0 Å². The lowest BCUT2D eigenvalue weighted by Gasteiger charge is -2.17. The van der Waals surface area contributed by atoms with Gasteiger partial charge in [0, 0.05) is 31.0 Å². The topological polar surface area (TPSA) is 40.5 Å². The fourth-order valence-electron chi connectivity index (χ4n) is 2.40. The van der Waals surface area contributed by atoms with Gasteiger partial charge in [0.15, 0.2) is 0 Å². The molecule has 5 heteroatoms. The van der Waals surface area contributed by atoms with Crippen LogP contribution in [0.3, 0.4) is 0 Å². The van der Waals surface area contributed by atoms with Gasteiger partial charge in [0.25, 0.3) is 0 Å². The van der Waals surface area contributed by atoms with Crippen LogP contribution in [0.15, 0.2) is 12.1 Å². The lowest BCUT2D eigenvalue weighted by molar-refractivity contribution is -0.127. The lowest BCUT2D eigenvalue weighted by atomic mass is 9.97. The van der Waals surface area contributed by atoms with Gasteiger partial charge in [0.05, 0.1) is 10.0 Å². The van der Waals surface area contributed by atoms with Gasteiger partial charge in [-0.3, -0.25) is 4.79 Å². The third-order valence-electron chi connectivity index (χ3n) is 3.23. The van der Waals surface area contributed by atoms with Crippen LogP contribution in [0.5, 0.6) is 5.75 Å². The number of benzene rings is 1. The second-order valence-electron chi connectivity index (χ2n) is 4.53. The first-order chi connectivity index (χ1) is 8.54. The Hall–Kier alpha value is -0.930. The fourth-order valence-corrected chi connectivity index (χ4v) is 2.87. The van der Waals surface area contributed by atoms with E-state index in [0.29, 0.717) is 28.6 Å². The van der Waals surface area contributed by atoms with E-state index in [2.05, 4.69) is 0 Å². The summed E-state index contributed by atoms with van der Waals surface area (Å²) < 4.78 is 0. The lowest BCUT2D eigenvalue weighted by Crippen LogP contribution is -2.25. The molecule has 1 amide bonds. The molecule has 1 aromatic carbocycles. The Kier molecular flexibility index (Phi) is 4.03. The van der Waals surface area contributed by atoms with Crippen molar-refractivity contribution in [2.45, 2.75) is 25.7 Å². The Morgan fingerprint density at radius 3 is 2.83 bits per heavy atom. The predicted molar refractivity (Wildman–Crippen MR) is 72.4 cm³/mol. The van der Waals surface area contributed by atoms with Crippen molar-refractivity contribution in [3.05, 3.63) is 27.7 Å². The maximum Gasteiger partial charge on any atom is 0.223 e. The first-order valence-corrected chi connectivity index (χ1v) is 6.74. The van der Waals surface area contributed by atoms with E-state index in [1.165, 1.54) is 6.07 Å². The minimum absolute atomic E-state index is 0.0738. The molecule has 2 rings (SSSR count). The predicted octanol–water partition coefficient (Wildman–Crippen LogP) is 3.42. The van der Waals surface area contributed by atoms with Crippen LogP contribution in [0.4, 0.5) is 0 Å². The van der Waals surface area contributed by atoms with Crippen molar-refractivity contribution in [3.63, 3.8) is 0 Å². The molecule has 0 aliphatic carbocycles. The molecule has 0 bridgehead atoms. The molecule has 0 aromatic heterocycles. The summed E-state index contributed by atoms with van der Waals surface area (Å²) in [5.41, 5.74) is 0.594. The molecule has 1 aromatic rings. The van der Waals surface area contributed by atoms with Crippen molar-refractivity contribution >= 4 is 29.1 Å². The van der Waals surface area contributed by atoms with Gasteiger partial charge in [0.2, 0.25) is 5.91 Å². The zero-order valence-corrected chi connectivity index (χ0v) is 11.6. The van der Waals surface area contributed by atoms with Crippen molar-refractivity contribution < 1.29 is 9.90 Å². The minimum Gasteiger partial charge on any atom is -0.508 e. The summed E-state index contributed by atoms with van der Waals surface area (Å²) >= 11 is 12.1. The molecule has 1 fully saturated rings.